The van der Waals surface area contributed by atoms with E-state index in [4.69, 9.17) is 0 Å². The van der Waals surface area contributed by atoms with E-state index in [0.29, 0.717) is 0 Å². The molecule has 1 N–H and O–H groups in total. The molecule has 1 fully saturated rings. The summed E-state index contributed by atoms with van der Waals surface area (Å²) >= 11 is 0. The summed E-state index contributed by atoms with van der Waals surface area (Å²) in [7, 11) is 0. The van der Waals surface area contributed by atoms with Gasteiger partial charge in [0.05, 0.1) is 6.04 Å². The van der Waals surface area contributed by atoms with Crippen LogP contribution in [0.5, 0.6) is 0 Å². The SMILES string of the molecule is CC1CCN(c2ccc([C@H](C)NC(=O)C(C)(C)C)cc2)CC1. The molecule has 2 rings (SSSR count). The molecule has 1 saturated heterocycles. The first-order valence-electron chi connectivity index (χ1n) is 8.43. The first-order chi connectivity index (χ1) is 10.3. The van der Waals surface area contributed by atoms with Gasteiger partial charge in [0.25, 0.3) is 0 Å². The predicted molar refractivity (Wildman–Crippen MR) is 93.1 cm³/mol. The minimum atomic E-state index is -0.349. The average molecular weight is 302 g/mol. The van der Waals surface area contributed by atoms with Crippen LogP contribution in [0.1, 0.15) is 59.1 Å². The Kier molecular flexibility index (Phi) is 5.15. The van der Waals surface area contributed by atoms with Crippen molar-refractivity contribution < 1.29 is 4.79 Å². The summed E-state index contributed by atoms with van der Waals surface area (Å²) in [6, 6.07) is 8.69. The summed E-state index contributed by atoms with van der Waals surface area (Å²) in [6.07, 6.45) is 2.56. The van der Waals surface area contributed by atoms with Crippen molar-refractivity contribution in [2.24, 2.45) is 11.3 Å². The highest BCUT2D eigenvalue weighted by atomic mass is 16.2. The maximum Gasteiger partial charge on any atom is 0.225 e. The first kappa shape index (κ1) is 16.9. The monoisotopic (exact) mass is 302 g/mol. The minimum Gasteiger partial charge on any atom is -0.372 e. The fraction of sp³-hybridized carbons (Fsp3) is 0.632. The van der Waals surface area contributed by atoms with E-state index >= 15 is 0 Å². The zero-order chi connectivity index (χ0) is 16.3. The van der Waals surface area contributed by atoms with Crippen molar-refractivity contribution in [2.75, 3.05) is 18.0 Å². The largest absolute Gasteiger partial charge is 0.372 e. The number of hydrogen-bond acceptors (Lipinski definition) is 2. The molecule has 1 aliphatic rings. The van der Waals surface area contributed by atoms with Gasteiger partial charge >= 0.3 is 0 Å². The van der Waals surface area contributed by atoms with E-state index < -0.39 is 0 Å². The third kappa shape index (κ3) is 4.25. The molecule has 3 heteroatoms. The van der Waals surface area contributed by atoms with Crippen molar-refractivity contribution in [1.29, 1.82) is 0 Å². The van der Waals surface area contributed by atoms with Gasteiger partial charge in [0.15, 0.2) is 0 Å². The number of hydrogen-bond donors (Lipinski definition) is 1. The molecule has 1 aromatic rings. The molecule has 0 saturated carbocycles. The molecular weight excluding hydrogens is 272 g/mol. The zero-order valence-electron chi connectivity index (χ0n) is 14.6. The van der Waals surface area contributed by atoms with Crippen LogP contribution in [0, 0.1) is 11.3 Å². The average Bonchev–Trinajstić information content (AvgIpc) is 2.47. The minimum absolute atomic E-state index is 0.0437. The lowest BCUT2D eigenvalue weighted by atomic mass is 9.94. The molecule has 1 atom stereocenters. The quantitative estimate of drug-likeness (QED) is 0.910. The number of amides is 1. The van der Waals surface area contributed by atoms with Gasteiger partial charge in [-0.2, -0.15) is 0 Å². The van der Waals surface area contributed by atoms with E-state index in [-0.39, 0.29) is 17.4 Å². The highest BCUT2D eigenvalue weighted by Crippen LogP contribution is 2.25. The third-order valence-electron chi connectivity index (χ3n) is 4.57. The molecular formula is C19H30N2O. The summed E-state index contributed by atoms with van der Waals surface area (Å²) in [5, 5.41) is 3.09. The number of rotatable bonds is 3. The molecule has 0 radical (unpaired) electrons. The fourth-order valence-electron chi connectivity index (χ4n) is 2.74. The van der Waals surface area contributed by atoms with E-state index in [9.17, 15) is 4.79 Å². The molecule has 1 amide bonds. The van der Waals surface area contributed by atoms with Crippen LogP contribution in [-0.2, 0) is 4.79 Å². The van der Waals surface area contributed by atoms with Gasteiger partial charge in [-0.05, 0) is 43.4 Å². The Balaban J connectivity index is 1.98. The van der Waals surface area contributed by atoms with Crippen molar-refractivity contribution in [3.8, 4) is 0 Å². The third-order valence-corrected chi connectivity index (χ3v) is 4.57. The van der Waals surface area contributed by atoms with Crippen molar-refractivity contribution in [2.45, 2.75) is 53.5 Å². The highest BCUT2D eigenvalue weighted by molar-refractivity contribution is 5.81. The number of benzene rings is 1. The zero-order valence-corrected chi connectivity index (χ0v) is 14.6. The van der Waals surface area contributed by atoms with Crippen molar-refractivity contribution in [3.63, 3.8) is 0 Å². The fourth-order valence-corrected chi connectivity index (χ4v) is 2.74. The van der Waals surface area contributed by atoms with Crippen LogP contribution in [0.25, 0.3) is 0 Å². The summed E-state index contributed by atoms with van der Waals surface area (Å²) < 4.78 is 0. The van der Waals surface area contributed by atoms with Gasteiger partial charge in [-0.25, -0.2) is 0 Å². The summed E-state index contributed by atoms with van der Waals surface area (Å²) in [6.45, 7) is 12.5. The summed E-state index contributed by atoms with van der Waals surface area (Å²) in [4.78, 5) is 14.5. The molecule has 0 unspecified atom stereocenters. The molecule has 1 heterocycles. The van der Waals surface area contributed by atoms with Crippen LogP contribution >= 0.6 is 0 Å². The van der Waals surface area contributed by atoms with Gasteiger partial charge in [-0.3, -0.25) is 4.79 Å². The summed E-state index contributed by atoms with van der Waals surface area (Å²) in [5.41, 5.74) is 2.11. The van der Waals surface area contributed by atoms with E-state index in [2.05, 4.69) is 41.4 Å². The van der Waals surface area contributed by atoms with Crippen LogP contribution in [0.2, 0.25) is 0 Å². The van der Waals surface area contributed by atoms with Crippen LogP contribution < -0.4 is 10.2 Å². The van der Waals surface area contributed by atoms with E-state index in [0.717, 1.165) is 24.6 Å². The number of nitrogens with one attached hydrogen (secondary N) is 1. The van der Waals surface area contributed by atoms with Crippen LogP contribution in [0.4, 0.5) is 5.69 Å². The Morgan fingerprint density at radius 3 is 2.23 bits per heavy atom. The lowest BCUT2D eigenvalue weighted by Crippen LogP contribution is -2.36. The number of nitrogens with zero attached hydrogens (tertiary/aromatic N) is 1. The molecule has 1 aliphatic heterocycles. The van der Waals surface area contributed by atoms with E-state index in [1.807, 2.05) is 27.7 Å². The molecule has 3 nitrogen and oxygen atoms in total. The Morgan fingerprint density at radius 1 is 1.18 bits per heavy atom. The van der Waals surface area contributed by atoms with Crippen molar-refractivity contribution in [3.05, 3.63) is 29.8 Å². The standard InChI is InChI=1S/C19H30N2O/c1-14-10-12-21(13-11-14)17-8-6-16(7-9-17)15(2)20-18(22)19(3,4)5/h6-9,14-15H,10-13H2,1-5H3,(H,20,22)/t15-/m0/s1. The van der Waals surface area contributed by atoms with Gasteiger partial charge in [0, 0.05) is 24.2 Å². The van der Waals surface area contributed by atoms with Crippen molar-refractivity contribution in [1.82, 2.24) is 5.32 Å². The normalized spacial score (nSPS) is 18.1. The Morgan fingerprint density at radius 2 is 1.73 bits per heavy atom. The Hall–Kier alpha value is -1.51. The number of anilines is 1. The second-order valence-corrected chi connectivity index (χ2v) is 7.71. The Bertz CT molecular complexity index is 493. The van der Waals surface area contributed by atoms with Gasteiger partial charge in [-0.1, -0.05) is 39.8 Å². The topological polar surface area (TPSA) is 32.3 Å². The van der Waals surface area contributed by atoms with Crippen molar-refractivity contribution >= 4 is 11.6 Å². The number of carbonyl (C=O) groups excluding carboxylic acids is 1. The molecule has 0 aromatic heterocycles. The van der Waals surface area contributed by atoms with Gasteiger partial charge in [-0.15, -0.1) is 0 Å². The summed E-state index contributed by atoms with van der Waals surface area (Å²) in [5.74, 6) is 0.942. The molecule has 122 valence electrons. The number of piperidine rings is 1. The first-order valence-corrected chi connectivity index (χ1v) is 8.43. The molecule has 1 aromatic carbocycles. The van der Waals surface area contributed by atoms with E-state index in [1.54, 1.807) is 0 Å². The van der Waals surface area contributed by atoms with Gasteiger partial charge in [0.1, 0.15) is 0 Å². The van der Waals surface area contributed by atoms with Gasteiger partial charge < -0.3 is 10.2 Å². The lowest BCUT2D eigenvalue weighted by molar-refractivity contribution is -0.129. The Labute approximate surface area is 135 Å². The maximum absolute atomic E-state index is 12.1. The lowest BCUT2D eigenvalue weighted by Gasteiger charge is -2.32. The van der Waals surface area contributed by atoms with Crippen LogP contribution in [0.15, 0.2) is 24.3 Å². The molecule has 0 aliphatic carbocycles. The predicted octanol–water partition coefficient (Wildman–Crippen LogP) is 4.15. The molecule has 22 heavy (non-hydrogen) atoms. The number of carbonyl (C=O) groups is 1. The van der Waals surface area contributed by atoms with Crippen LogP contribution in [-0.4, -0.2) is 19.0 Å². The van der Waals surface area contributed by atoms with Crippen LogP contribution in [0.3, 0.4) is 0 Å². The van der Waals surface area contributed by atoms with Gasteiger partial charge in [0.2, 0.25) is 5.91 Å². The maximum atomic E-state index is 12.1. The molecule has 0 spiro atoms. The molecule has 0 bridgehead atoms. The highest BCUT2D eigenvalue weighted by Gasteiger charge is 2.23. The van der Waals surface area contributed by atoms with E-state index in [1.165, 1.54) is 18.5 Å². The second kappa shape index (κ2) is 6.72. The smallest absolute Gasteiger partial charge is 0.225 e. The second-order valence-electron chi connectivity index (χ2n) is 7.71.